The highest BCUT2D eigenvalue weighted by Gasteiger charge is 2.32. The van der Waals surface area contributed by atoms with E-state index in [1.54, 1.807) is 0 Å². The van der Waals surface area contributed by atoms with Gasteiger partial charge in [0.25, 0.3) is 0 Å². The third-order valence-electron chi connectivity index (χ3n) is 5.50. The average molecular weight is 349 g/mol. The Hall–Kier alpha value is -3.00. The maximum absolute atomic E-state index is 2.41. The summed E-state index contributed by atoms with van der Waals surface area (Å²) >= 11 is 0. The number of hydrogen-bond acceptors (Lipinski definition) is 1. The monoisotopic (exact) mass is 349 g/mol. The highest BCUT2D eigenvalue weighted by Crippen LogP contribution is 2.41. The zero-order valence-corrected chi connectivity index (χ0v) is 16.2. The Balaban J connectivity index is 1.96. The minimum Gasteiger partial charge on any atom is -0.320 e. The van der Waals surface area contributed by atoms with Crippen LogP contribution < -0.4 is 4.90 Å². The molecule has 0 atom stereocenters. The molecule has 3 aromatic rings. The van der Waals surface area contributed by atoms with Gasteiger partial charge in [0, 0.05) is 17.1 Å². The lowest BCUT2D eigenvalue weighted by molar-refractivity contribution is 1.07. The van der Waals surface area contributed by atoms with Gasteiger partial charge in [-0.25, -0.2) is 0 Å². The number of para-hydroxylation sites is 1. The highest BCUT2D eigenvalue weighted by atomic mass is 15.2. The highest BCUT2D eigenvalue weighted by molar-refractivity contribution is 6.94. The van der Waals surface area contributed by atoms with Crippen LogP contribution in [0.1, 0.15) is 25.0 Å². The van der Waals surface area contributed by atoms with E-state index in [1.165, 1.54) is 39.2 Å². The Labute approximate surface area is 162 Å². The van der Waals surface area contributed by atoms with Crippen molar-refractivity contribution in [2.75, 3.05) is 4.90 Å². The van der Waals surface area contributed by atoms with Crippen molar-refractivity contribution in [1.29, 1.82) is 0 Å². The van der Waals surface area contributed by atoms with E-state index in [0.717, 1.165) is 0 Å². The summed E-state index contributed by atoms with van der Waals surface area (Å²) in [6.07, 6.45) is 0. The van der Waals surface area contributed by atoms with E-state index in [1.807, 2.05) is 0 Å². The molecule has 0 radical (unpaired) electrons. The maximum atomic E-state index is 2.41. The third kappa shape index (κ3) is 3.12. The van der Waals surface area contributed by atoms with Gasteiger partial charge >= 0.3 is 0 Å². The third-order valence-corrected chi connectivity index (χ3v) is 5.50. The van der Waals surface area contributed by atoms with Gasteiger partial charge in [-0.15, -0.1) is 0 Å². The smallest absolute Gasteiger partial charge is 0.212 e. The zero-order valence-electron chi connectivity index (χ0n) is 16.2. The molecule has 3 aromatic carbocycles. The molecule has 4 rings (SSSR count). The second-order valence-corrected chi connectivity index (χ2v) is 7.12. The molecule has 0 bridgehead atoms. The molecule has 0 saturated carbocycles. The van der Waals surface area contributed by atoms with Crippen LogP contribution in [-0.4, -0.2) is 6.71 Å². The Morgan fingerprint density at radius 1 is 0.556 bits per heavy atom. The van der Waals surface area contributed by atoms with Gasteiger partial charge in [-0.05, 0) is 48.1 Å². The van der Waals surface area contributed by atoms with E-state index in [4.69, 9.17) is 0 Å². The van der Waals surface area contributed by atoms with Crippen molar-refractivity contribution in [3.8, 4) is 0 Å². The molecule has 132 valence electrons. The predicted molar refractivity (Wildman–Crippen MR) is 119 cm³/mol. The first kappa shape index (κ1) is 17.4. The largest absolute Gasteiger partial charge is 0.320 e. The van der Waals surface area contributed by atoms with E-state index in [-0.39, 0.29) is 0 Å². The lowest BCUT2D eigenvalue weighted by Crippen LogP contribution is -2.32. The van der Waals surface area contributed by atoms with Crippen molar-refractivity contribution in [3.05, 3.63) is 114 Å². The molecule has 0 saturated heterocycles. The summed E-state index contributed by atoms with van der Waals surface area (Å²) < 4.78 is 0. The van der Waals surface area contributed by atoms with E-state index < -0.39 is 0 Å². The van der Waals surface area contributed by atoms with Crippen LogP contribution in [0.5, 0.6) is 0 Å². The van der Waals surface area contributed by atoms with E-state index in [0.29, 0.717) is 6.71 Å². The Bertz CT molecular complexity index is 925. The molecule has 1 aliphatic rings. The second-order valence-electron chi connectivity index (χ2n) is 7.12. The molecule has 0 N–H and O–H groups in total. The fourth-order valence-electron chi connectivity index (χ4n) is 4.38. The van der Waals surface area contributed by atoms with E-state index in [2.05, 4.69) is 117 Å². The van der Waals surface area contributed by atoms with Gasteiger partial charge in [0.05, 0.1) is 0 Å². The minimum absolute atomic E-state index is 0.328. The molecule has 0 aromatic heterocycles. The first-order valence-electron chi connectivity index (χ1n) is 9.56. The minimum atomic E-state index is 0.328. The Morgan fingerprint density at radius 2 is 0.926 bits per heavy atom. The molecular formula is C25H24BN. The quantitative estimate of drug-likeness (QED) is 0.483. The molecule has 0 amide bonds. The molecule has 0 spiro atoms. The fraction of sp³-hybridized carbons (Fsp3) is 0.120. The van der Waals surface area contributed by atoms with Gasteiger partial charge < -0.3 is 4.90 Å². The molecule has 1 aliphatic heterocycles. The van der Waals surface area contributed by atoms with Gasteiger partial charge in [-0.3, -0.25) is 0 Å². The molecule has 0 fully saturated rings. The molecule has 1 nitrogen and oxygen atoms in total. The van der Waals surface area contributed by atoms with E-state index in [9.17, 15) is 0 Å². The molecule has 27 heavy (non-hydrogen) atoms. The van der Waals surface area contributed by atoms with Gasteiger partial charge in [-0.2, -0.15) is 0 Å². The standard InChI is InChI=1S/C25H24BN/c1-19-24(21-13-7-4-8-14-21)26(3)25(22-15-9-5-10-16-22)20(2)27(19)23-17-11-6-12-18-23/h4-18H,1-3H3. The summed E-state index contributed by atoms with van der Waals surface area (Å²) in [6, 6.07) is 32.2. The lowest BCUT2D eigenvalue weighted by Gasteiger charge is -2.38. The van der Waals surface area contributed by atoms with Gasteiger partial charge in [-0.1, -0.05) is 85.7 Å². The summed E-state index contributed by atoms with van der Waals surface area (Å²) in [6.45, 7) is 7.16. The van der Waals surface area contributed by atoms with Crippen LogP contribution in [0.2, 0.25) is 6.82 Å². The van der Waals surface area contributed by atoms with Crippen molar-refractivity contribution in [3.63, 3.8) is 0 Å². The normalized spacial score (nSPS) is 14.8. The van der Waals surface area contributed by atoms with Crippen molar-refractivity contribution in [1.82, 2.24) is 0 Å². The SMILES string of the molecule is CB1C(c2ccccc2)=C(C)N(c2ccccc2)C(C)=C1c1ccccc1. The Morgan fingerprint density at radius 3 is 1.33 bits per heavy atom. The average Bonchev–Trinajstić information content (AvgIpc) is 2.70. The van der Waals surface area contributed by atoms with Crippen molar-refractivity contribution in [2.24, 2.45) is 0 Å². The van der Waals surface area contributed by atoms with Crippen LogP contribution in [0.3, 0.4) is 0 Å². The summed E-state index contributed by atoms with van der Waals surface area (Å²) in [5.74, 6) is 0. The topological polar surface area (TPSA) is 3.24 Å². The van der Waals surface area contributed by atoms with Crippen LogP contribution in [0.4, 0.5) is 5.69 Å². The first-order chi connectivity index (χ1) is 13.2. The van der Waals surface area contributed by atoms with Crippen LogP contribution in [0, 0.1) is 0 Å². The van der Waals surface area contributed by atoms with Gasteiger partial charge in [0.2, 0.25) is 6.71 Å². The number of anilines is 1. The first-order valence-corrected chi connectivity index (χ1v) is 9.56. The number of allylic oxidation sites excluding steroid dienone is 2. The number of benzene rings is 3. The number of hydrogen-bond donors (Lipinski definition) is 0. The maximum Gasteiger partial charge on any atom is 0.212 e. The van der Waals surface area contributed by atoms with Gasteiger partial charge in [0.1, 0.15) is 0 Å². The van der Waals surface area contributed by atoms with Crippen LogP contribution in [-0.2, 0) is 0 Å². The van der Waals surface area contributed by atoms with Crippen LogP contribution >= 0.6 is 0 Å². The Kier molecular flexibility index (Phi) is 4.72. The summed E-state index contributed by atoms with van der Waals surface area (Å²) in [5.41, 5.74) is 9.19. The number of rotatable bonds is 3. The fourth-order valence-corrected chi connectivity index (χ4v) is 4.38. The van der Waals surface area contributed by atoms with Crippen molar-refractivity contribution >= 4 is 23.3 Å². The van der Waals surface area contributed by atoms with Crippen molar-refractivity contribution in [2.45, 2.75) is 20.7 Å². The van der Waals surface area contributed by atoms with Gasteiger partial charge in [0.15, 0.2) is 0 Å². The summed E-state index contributed by atoms with van der Waals surface area (Å²) in [5, 5.41) is 0. The predicted octanol–water partition coefficient (Wildman–Crippen LogP) is 6.57. The van der Waals surface area contributed by atoms with E-state index >= 15 is 0 Å². The number of nitrogens with zero attached hydrogens (tertiary/aromatic N) is 1. The lowest BCUT2D eigenvalue weighted by atomic mass is 9.37. The van der Waals surface area contributed by atoms with Crippen molar-refractivity contribution < 1.29 is 0 Å². The molecule has 0 unspecified atom stereocenters. The summed E-state index contributed by atoms with van der Waals surface area (Å²) in [4.78, 5) is 2.41. The van der Waals surface area contributed by atoms with Crippen LogP contribution in [0.25, 0.3) is 10.9 Å². The molecule has 1 heterocycles. The molecular weight excluding hydrogens is 325 g/mol. The zero-order chi connectivity index (χ0) is 18.8. The molecule has 0 aliphatic carbocycles. The van der Waals surface area contributed by atoms with Crippen LogP contribution in [0.15, 0.2) is 102 Å². The summed E-state index contributed by atoms with van der Waals surface area (Å²) in [7, 11) is 0. The molecule has 2 heteroatoms. The second kappa shape index (κ2) is 7.32.